The van der Waals surface area contributed by atoms with Gasteiger partial charge in [0.25, 0.3) is 0 Å². The standard InChI is InChI=1S/C9H9I2NO3/c1-15-9(14)7(12)4-2-5(10)8(13)6(11)3-4/h2-3,7,13H,12H2,1H3/t7-/m1/s1. The summed E-state index contributed by atoms with van der Waals surface area (Å²) in [7, 11) is 1.29. The van der Waals surface area contributed by atoms with Crippen LogP contribution in [0.25, 0.3) is 0 Å². The van der Waals surface area contributed by atoms with Crippen molar-refractivity contribution in [2.75, 3.05) is 7.11 Å². The fraction of sp³-hybridized carbons (Fsp3) is 0.222. The van der Waals surface area contributed by atoms with Gasteiger partial charge in [-0.05, 0) is 62.9 Å². The third-order valence-corrected chi connectivity index (χ3v) is 3.50. The molecule has 1 atom stereocenters. The lowest BCUT2D eigenvalue weighted by Gasteiger charge is -2.11. The first-order valence-electron chi connectivity index (χ1n) is 3.98. The molecule has 0 radical (unpaired) electrons. The van der Waals surface area contributed by atoms with Crippen molar-refractivity contribution in [3.63, 3.8) is 0 Å². The predicted molar refractivity (Wildman–Crippen MR) is 72.5 cm³/mol. The van der Waals surface area contributed by atoms with Crippen LogP contribution < -0.4 is 5.73 Å². The maximum Gasteiger partial charge on any atom is 0.327 e. The Hall–Kier alpha value is -0.0900. The second kappa shape index (κ2) is 5.30. The number of hydrogen-bond donors (Lipinski definition) is 2. The molecular formula is C9H9I2NO3. The largest absolute Gasteiger partial charge is 0.506 e. The zero-order valence-electron chi connectivity index (χ0n) is 7.83. The van der Waals surface area contributed by atoms with Gasteiger partial charge in [-0.3, -0.25) is 4.79 Å². The van der Waals surface area contributed by atoms with E-state index in [4.69, 9.17) is 5.73 Å². The number of methoxy groups -OCH3 is 1. The van der Waals surface area contributed by atoms with Crippen molar-refractivity contribution in [1.29, 1.82) is 0 Å². The normalized spacial score (nSPS) is 12.3. The van der Waals surface area contributed by atoms with Gasteiger partial charge in [0, 0.05) is 0 Å². The van der Waals surface area contributed by atoms with E-state index in [1.807, 2.05) is 45.2 Å². The molecule has 3 N–H and O–H groups in total. The van der Waals surface area contributed by atoms with Crippen molar-refractivity contribution in [1.82, 2.24) is 0 Å². The molecule has 0 unspecified atom stereocenters. The number of phenolic OH excluding ortho intramolecular Hbond substituents is 1. The summed E-state index contributed by atoms with van der Waals surface area (Å²) in [6.45, 7) is 0. The van der Waals surface area contributed by atoms with Crippen molar-refractivity contribution in [2.45, 2.75) is 6.04 Å². The molecule has 1 aromatic rings. The van der Waals surface area contributed by atoms with Crippen LogP contribution in [0.15, 0.2) is 12.1 Å². The Morgan fingerprint density at radius 3 is 2.33 bits per heavy atom. The minimum atomic E-state index is -0.808. The Kier molecular flexibility index (Phi) is 4.59. The molecule has 6 heteroatoms. The summed E-state index contributed by atoms with van der Waals surface area (Å²) >= 11 is 3.96. The van der Waals surface area contributed by atoms with Crippen molar-refractivity contribution >= 4 is 51.2 Å². The molecule has 0 aliphatic heterocycles. The second-order valence-corrected chi connectivity index (χ2v) is 5.16. The number of hydrogen-bond acceptors (Lipinski definition) is 4. The van der Waals surface area contributed by atoms with Gasteiger partial charge in [-0.25, -0.2) is 0 Å². The van der Waals surface area contributed by atoms with Crippen LogP contribution in [0.1, 0.15) is 11.6 Å². The maximum absolute atomic E-state index is 11.2. The van der Waals surface area contributed by atoms with Crippen molar-refractivity contribution in [3.8, 4) is 5.75 Å². The van der Waals surface area contributed by atoms with E-state index in [1.54, 1.807) is 12.1 Å². The Bertz CT molecular complexity index is 372. The van der Waals surface area contributed by atoms with Gasteiger partial charge in [-0.1, -0.05) is 0 Å². The summed E-state index contributed by atoms with van der Waals surface area (Å²) in [4.78, 5) is 11.2. The predicted octanol–water partition coefficient (Wildman–Crippen LogP) is 1.77. The molecule has 1 aromatic carbocycles. The quantitative estimate of drug-likeness (QED) is 0.552. The number of carbonyl (C=O) groups is 1. The van der Waals surface area contributed by atoms with Gasteiger partial charge in [-0.2, -0.15) is 0 Å². The zero-order valence-corrected chi connectivity index (χ0v) is 12.1. The van der Waals surface area contributed by atoms with Gasteiger partial charge < -0.3 is 15.6 Å². The number of ether oxygens (including phenoxy) is 1. The van der Waals surface area contributed by atoms with Crippen LogP contribution in [0, 0.1) is 7.14 Å². The van der Waals surface area contributed by atoms with Gasteiger partial charge in [0.2, 0.25) is 0 Å². The molecule has 0 heterocycles. The molecule has 0 spiro atoms. The Morgan fingerprint density at radius 1 is 1.47 bits per heavy atom. The van der Waals surface area contributed by atoms with E-state index in [0.29, 0.717) is 12.7 Å². The molecule has 1 rings (SSSR count). The van der Waals surface area contributed by atoms with Gasteiger partial charge >= 0.3 is 5.97 Å². The molecule has 0 aliphatic rings. The second-order valence-electron chi connectivity index (χ2n) is 2.83. The molecule has 0 fully saturated rings. The lowest BCUT2D eigenvalue weighted by atomic mass is 10.1. The highest BCUT2D eigenvalue weighted by Gasteiger charge is 2.18. The van der Waals surface area contributed by atoms with E-state index < -0.39 is 12.0 Å². The van der Waals surface area contributed by atoms with Crippen molar-refractivity contribution in [2.24, 2.45) is 5.73 Å². The number of esters is 1. The van der Waals surface area contributed by atoms with Crippen LogP contribution in [0.5, 0.6) is 5.75 Å². The molecule has 0 bridgehead atoms. The molecule has 4 nitrogen and oxygen atoms in total. The fourth-order valence-electron chi connectivity index (χ4n) is 1.03. The first-order valence-corrected chi connectivity index (χ1v) is 6.14. The number of halogens is 2. The maximum atomic E-state index is 11.2. The van der Waals surface area contributed by atoms with Crippen LogP contribution >= 0.6 is 45.2 Å². The lowest BCUT2D eigenvalue weighted by Crippen LogP contribution is -2.22. The summed E-state index contributed by atoms with van der Waals surface area (Å²) in [5.41, 5.74) is 6.31. The first kappa shape index (κ1) is 13.0. The number of carbonyl (C=O) groups excluding carboxylic acids is 1. The molecule has 0 saturated carbocycles. The highest BCUT2D eigenvalue weighted by molar-refractivity contribution is 14.1. The van der Waals surface area contributed by atoms with Gasteiger partial charge in [0.15, 0.2) is 0 Å². The number of rotatable bonds is 2. The zero-order chi connectivity index (χ0) is 11.6. The van der Waals surface area contributed by atoms with E-state index >= 15 is 0 Å². The van der Waals surface area contributed by atoms with Gasteiger partial charge in [-0.15, -0.1) is 0 Å². The number of nitrogens with two attached hydrogens (primary N) is 1. The fourth-order valence-corrected chi connectivity index (χ4v) is 2.84. The minimum absolute atomic E-state index is 0.206. The van der Waals surface area contributed by atoms with Crippen LogP contribution in [-0.4, -0.2) is 18.2 Å². The summed E-state index contributed by atoms with van der Waals surface area (Å²) in [5.74, 6) is -0.288. The van der Waals surface area contributed by atoms with Crippen molar-refractivity contribution in [3.05, 3.63) is 24.8 Å². The van der Waals surface area contributed by atoms with Gasteiger partial charge in [0.05, 0.1) is 14.3 Å². The van der Waals surface area contributed by atoms with E-state index in [-0.39, 0.29) is 5.75 Å². The van der Waals surface area contributed by atoms with Crippen LogP contribution in [0.4, 0.5) is 0 Å². The number of aromatic hydroxyl groups is 1. The average Bonchev–Trinajstić information content (AvgIpc) is 2.23. The summed E-state index contributed by atoms with van der Waals surface area (Å²) in [6, 6.07) is 2.52. The summed E-state index contributed by atoms with van der Waals surface area (Å²) < 4.78 is 5.87. The van der Waals surface area contributed by atoms with E-state index in [1.165, 1.54) is 7.11 Å². The molecule has 0 aliphatic carbocycles. The van der Waals surface area contributed by atoms with E-state index in [2.05, 4.69) is 4.74 Å². The molecule has 0 amide bonds. The van der Waals surface area contributed by atoms with Crippen LogP contribution in [0.3, 0.4) is 0 Å². The third-order valence-electron chi connectivity index (χ3n) is 1.85. The number of phenols is 1. The molecule has 0 saturated heterocycles. The topological polar surface area (TPSA) is 72.5 Å². The van der Waals surface area contributed by atoms with Crippen LogP contribution in [0.2, 0.25) is 0 Å². The van der Waals surface area contributed by atoms with Crippen LogP contribution in [-0.2, 0) is 9.53 Å². The minimum Gasteiger partial charge on any atom is -0.506 e. The monoisotopic (exact) mass is 433 g/mol. The average molecular weight is 433 g/mol. The molecule has 0 aromatic heterocycles. The van der Waals surface area contributed by atoms with Crippen molar-refractivity contribution < 1.29 is 14.6 Å². The highest BCUT2D eigenvalue weighted by Crippen LogP contribution is 2.29. The Morgan fingerprint density at radius 2 is 1.93 bits per heavy atom. The summed E-state index contributed by atoms with van der Waals surface area (Å²) in [5, 5.41) is 9.54. The van der Waals surface area contributed by atoms with E-state index in [9.17, 15) is 9.90 Å². The third kappa shape index (κ3) is 2.94. The number of benzene rings is 1. The first-order chi connectivity index (χ1) is 6.97. The Labute approximate surface area is 114 Å². The Balaban J connectivity index is 3.11. The molecular weight excluding hydrogens is 424 g/mol. The lowest BCUT2D eigenvalue weighted by molar-refractivity contribution is -0.142. The molecule has 15 heavy (non-hydrogen) atoms. The van der Waals surface area contributed by atoms with E-state index in [0.717, 1.165) is 0 Å². The smallest absolute Gasteiger partial charge is 0.327 e. The van der Waals surface area contributed by atoms with Gasteiger partial charge in [0.1, 0.15) is 11.8 Å². The highest BCUT2D eigenvalue weighted by atomic mass is 127. The SMILES string of the molecule is COC(=O)[C@H](N)c1cc(I)c(O)c(I)c1. The molecule has 82 valence electrons. The summed E-state index contributed by atoms with van der Waals surface area (Å²) in [6.07, 6.45) is 0.